The van der Waals surface area contributed by atoms with Gasteiger partial charge in [0, 0.05) is 29.7 Å². The smallest absolute Gasteiger partial charge is 0.208 e. The van der Waals surface area contributed by atoms with E-state index in [9.17, 15) is 17.2 Å². The van der Waals surface area contributed by atoms with Crippen LogP contribution in [-0.2, 0) is 9.84 Å². The monoisotopic (exact) mass is 362 g/mol. The van der Waals surface area contributed by atoms with Gasteiger partial charge < -0.3 is 9.88 Å². The average molecular weight is 362 g/mol. The fourth-order valence-corrected chi connectivity index (χ4v) is 4.84. The Balaban J connectivity index is 1.96. The predicted molar refractivity (Wildman–Crippen MR) is 90.3 cm³/mol. The molecule has 1 atom stereocenters. The molecule has 0 amide bonds. The Morgan fingerprint density at radius 2 is 1.88 bits per heavy atom. The first-order chi connectivity index (χ1) is 12.0. The van der Waals surface area contributed by atoms with Gasteiger partial charge in [-0.1, -0.05) is 6.07 Å². The van der Waals surface area contributed by atoms with Crippen LogP contribution in [0, 0.1) is 11.6 Å². The van der Waals surface area contributed by atoms with Gasteiger partial charge in [0.15, 0.2) is 0 Å². The Morgan fingerprint density at radius 3 is 2.60 bits per heavy atom. The molecule has 1 aliphatic rings. The van der Waals surface area contributed by atoms with Crippen LogP contribution in [0.25, 0.3) is 10.9 Å². The lowest BCUT2D eigenvalue weighted by Gasteiger charge is -2.12. The molecule has 7 heteroatoms. The van der Waals surface area contributed by atoms with Crippen molar-refractivity contribution in [2.24, 2.45) is 0 Å². The molecule has 4 rings (SSSR count). The molecule has 3 aromatic rings. The Kier molecular flexibility index (Phi) is 3.85. The lowest BCUT2D eigenvalue weighted by atomic mass is 10.2. The summed E-state index contributed by atoms with van der Waals surface area (Å²) < 4.78 is 55.2. The molecule has 0 saturated carbocycles. The van der Waals surface area contributed by atoms with Gasteiger partial charge >= 0.3 is 0 Å². The average Bonchev–Trinajstić information content (AvgIpc) is 3.21. The summed E-state index contributed by atoms with van der Waals surface area (Å²) in [5, 5.41) is 3.56. The van der Waals surface area contributed by atoms with Crippen LogP contribution in [0.2, 0.25) is 0 Å². The molecule has 0 aliphatic carbocycles. The van der Waals surface area contributed by atoms with Gasteiger partial charge in [-0.15, -0.1) is 0 Å². The van der Waals surface area contributed by atoms with Gasteiger partial charge in [-0.2, -0.15) is 0 Å². The Morgan fingerprint density at radius 1 is 1.08 bits per heavy atom. The van der Waals surface area contributed by atoms with Crippen molar-refractivity contribution in [3.8, 4) is 0 Å². The van der Waals surface area contributed by atoms with Crippen molar-refractivity contribution in [1.29, 1.82) is 0 Å². The molecule has 0 spiro atoms. The molecule has 4 nitrogen and oxygen atoms in total. The van der Waals surface area contributed by atoms with E-state index in [1.807, 2.05) is 4.57 Å². The van der Waals surface area contributed by atoms with E-state index in [2.05, 4.69) is 5.32 Å². The van der Waals surface area contributed by atoms with Gasteiger partial charge in [0.1, 0.15) is 11.6 Å². The van der Waals surface area contributed by atoms with Crippen molar-refractivity contribution in [1.82, 2.24) is 9.88 Å². The third-order valence-corrected chi connectivity index (χ3v) is 6.36. The quantitative estimate of drug-likeness (QED) is 0.778. The molecule has 0 radical (unpaired) electrons. The molecule has 1 N–H and O–H groups in total. The SMILES string of the molecule is O=S(=O)(c1cccc(F)c1)c1cn(C2CCNC2)c2ccc(F)cc12. The van der Waals surface area contributed by atoms with Crippen LogP contribution < -0.4 is 5.32 Å². The topological polar surface area (TPSA) is 51.1 Å². The standard InChI is InChI=1S/C18H16F2N2O2S/c19-12-2-1-3-15(8-12)25(23,24)18-11-22(14-6-7-21-10-14)17-5-4-13(20)9-16(17)18/h1-5,8-9,11,14,21H,6-7,10H2. The third kappa shape index (κ3) is 2.73. The van der Waals surface area contributed by atoms with E-state index in [0.717, 1.165) is 25.6 Å². The normalized spacial score (nSPS) is 18.1. The van der Waals surface area contributed by atoms with E-state index in [4.69, 9.17) is 0 Å². The van der Waals surface area contributed by atoms with Crippen LogP contribution in [0.3, 0.4) is 0 Å². The molecule has 130 valence electrons. The number of rotatable bonds is 3. The molecule has 1 saturated heterocycles. The summed E-state index contributed by atoms with van der Waals surface area (Å²) in [6.07, 6.45) is 2.41. The Hall–Kier alpha value is -2.25. The molecule has 1 aliphatic heterocycles. The van der Waals surface area contributed by atoms with Gasteiger partial charge in [-0.25, -0.2) is 17.2 Å². The lowest BCUT2D eigenvalue weighted by molar-refractivity contribution is 0.560. The second kappa shape index (κ2) is 5.93. The molecule has 1 unspecified atom stereocenters. The first kappa shape index (κ1) is 16.2. The number of nitrogens with zero attached hydrogens (tertiary/aromatic N) is 1. The number of fused-ring (bicyclic) bond motifs is 1. The number of aromatic nitrogens is 1. The summed E-state index contributed by atoms with van der Waals surface area (Å²) in [6.45, 7) is 1.57. The Labute approximate surface area is 144 Å². The van der Waals surface area contributed by atoms with E-state index < -0.39 is 21.5 Å². The molecular weight excluding hydrogens is 346 g/mol. The largest absolute Gasteiger partial charge is 0.342 e. The second-order valence-corrected chi connectivity index (χ2v) is 8.09. The van der Waals surface area contributed by atoms with Gasteiger partial charge in [-0.3, -0.25) is 0 Å². The minimum absolute atomic E-state index is 0.000463. The summed E-state index contributed by atoms with van der Waals surface area (Å²) in [7, 11) is -3.96. The van der Waals surface area contributed by atoms with Crippen LogP contribution in [0.4, 0.5) is 8.78 Å². The molecular formula is C18H16F2N2O2S. The van der Waals surface area contributed by atoms with Crippen LogP contribution >= 0.6 is 0 Å². The van der Waals surface area contributed by atoms with Gasteiger partial charge in [0.25, 0.3) is 0 Å². The number of hydrogen-bond donors (Lipinski definition) is 1. The van der Waals surface area contributed by atoms with Crippen LogP contribution in [-0.4, -0.2) is 26.1 Å². The van der Waals surface area contributed by atoms with Crippen molar-refractivity contribution in [3.05, 3.63) is 60.3 Å². The first-order valence-corrected chi connectivity index (χ1v) is 9.46. The molecule has 25 heavy (non-hydrogen) atoms. The number of hydrogen-bond acceptors (Lipinski definition) is 3. The van der Waals surface area contributed by atoms with Crippen molar-refractivity contribution < 1.29 is 17.2 Å². The summed E-state index contributed by atoms with van der Waals surface area (Å²) in [5.74, 6) is -1.14. The zero-order valence-electron chi connectivity index (χ0n) is 13.2. The minimum atomic E-state index is -3.96. The highest BCUT2D eigenvalue weighted by Gasteiger charge is 2.27. The summed E-state index contributed by atoms with van der Waals surface area (Å²) >= 11 is 0. The fraction of sp³-hybridized carbons (Fsp3) is 0.222. The van der Waals surface area contributed by atoms with E-state index in [1.165, 1.54) is 30.3 Å². The fourth-order valence-electron chi connectivity index (χ4n) is 3.35. The molecule has 1 aromatic heterocycles. The van der Waals surface area contributed by atoms with Crippen molar-refractivity contribution in [2.75, 3.05) is 13.1 Å². The maximum Gasteiger partial charge on any atom is 0.208 e. The molecule has 1 fully saturated rings. The van der Waals surface area contributed by atoms with E-state index >= 15 is 0 Å². The zero-order valence-corrected chi connectivity index (χ0v) is 14.1. The highest BCUT2D eigenvalue weighted by molar-refractivity contribution is 7.91. The van der Waals surface area contributed by atoms with Crippen LogP contribution in [0.15, 0.2) is 58.5 Å². The lowest BCUT2D eigenvalue weighted by Crippen LogP contribution is -2.12. The summed E-state index contributed by atoms with van der Waals surface area (Å²) in [4.78, 5) is -0.139. The van der Waals surface area contributed by atoms with Crippen molar-refractivity contribution in [3.63, 3.8) is 0 Å². The second-order valence-electron chi connectivity index (χ2n) is 6.17. The predicted octanol–water partition coefficient (Wildman–Crippen LogP) is 3.29. The van der Waals surface area contributed by atoms with E-state index in [0.29, 0.717) is 10.9 Å². The van der Waals surface area contributed by atoms with Gasteiger partial charge in [0.2, 0.25) is 9.84 Å². The van der Waals surface area contributed by atoms with Crippen LogP contribution in [0.5, 0.6) is 0 Å². The summed E-state index contributed by atoms with van der Waals surface area (Å²) in [5.41, 5.74) is 0.657. The van der Waals surface area contributed by atoms with Crippen molar-refractivity contribution >= 4 is 20.7 Å². The number of benzene rings is 2. The van der Waals surface area contributed by atoms with Gasteiger partial charge in [0.05, 0.1) is 9.79 Å². The first-order valence-electron chi connectivity index (χ1n) is 7.98. The highest BCUT2D eigenvalue weighted by atomic mass is 32.2. The number of nitrogens with one attached hydrogen (secondary N) is 1. The maximum atomic E-state index is 13.8. The zero-order chi connectivity index (χ0) is 17.6. The molecule has 0 bridgehead atoms. The van der Waals surface area contributed by atoms with E-state index in [-0.39, 0.29) is 15.8 Å². The van der Waals surface area contributed by atoms with E-state index in [1.54, 1.807) is 12.3 Å². The van der Waals surface area contributed by atoms with Crippen LogP contribution in [0.1, 0.15) is 12.5 Å². The third-order valence-electron chi connectivity index (χ3n) is 4.58. The number of sulfone groups is 1. The summed E-state index contributed by atoms with van der Waals surface area (Å²) in [6, 6.07) is 9.10. The number of halogens is 2. The Bertz CT molecular complexity index is 1050. The maximum absolute atomic E-state index is 13.8. The van der Waals surface area contributed by atoms with Crippen molar-refractivity contribution in [2.45, 2.75) is 22.3 Å². The molecule has 2 heterocycles. The van der Waals surface area contributed by atoms with Gasteiger partial charge in [-0.05, 0) is 49.4 Å². The highest BCUT2D eigenvalue weighted by Crippen LogP contribution is 2.34. The minimum Gasteiger partial charge on any atom is -0.342 e. The molecule has 2 aromatic carbocycles.